The van der Waals surface area contributed by atoms with Crippen LogP contribution in [-0.4, -0.2) is 17.7 Å². The molecule has 0 saturated heterocycles. The third-order valence-corrected chi connectivity index (χ3v) is 0.909. The molecule has 0 amide bonds. The van der Waals surface area contributed by atoms with Gasteiger partial charge in [-0.25, -0.2) is 4.79 Å². The van der Waals surface area contributed by atoms with Crippen molar-refractivity contribution in [3.63, 3.8) is 0 Å². The molecule has 0 aliphatic carbocycles. The highest BCUT2D eigenvalue weighted by Crippen LogP contribution is 1.74. The van der Waals surface area contributed by atoms with E-state index in [-0.39, 0.29) is 5.11 Å². The van der Waals surface area contributed by atoms with Crippen molar-refractivity contribution in [1.82, 2.24) is 5.32 Å². The fourth-order valence-corrected chi connectivity index (χ4v) is 0.452. The van der Waals surface area contributed by atoms with Crippen LogP contribution >= 0.6 is 12.2 Å². The van der Waals surface area contributed by atoms with Crippen LogP contribution in [0, 0.1) is 0 Å². The first-order valence-corrected chi connectivity index (χ1v) is 3.07. The third-order valence-electron chi connectivity index (χ3n) is 0.673. The van der Waals surface area contributed by atoms with E-state index in [1.807, 2.05) is 6.92 Å². The molecule has 0 aromatic rings. The maximum atomic E-state index is 9.56. The van der Waals surface area contributed by atoms with Gasteiger partial charge in [0.15, 0.2) is 0 Å². The quantitative estimate of drug-likeness (QED) is 0.350. The van der Waals surface area contributed by atoms with Crippen LogP contribution in [0.15, 0.2) is 4.99 Å². The van der Waals surface area contributed by atoms with E-state index >= 15 is 0 Å². The van der Waals surface area contributed by atoms with E-state index in [1.165, 1.54) is 6.08 Å². The van der Waals surface area contributed by atoms with Gasteiger partial charge in [0.1, 0.15) is 0 Å². The number of nitrogens with one attached hydrogen (secondary N) is 1. The summed E-state index contributed by atoms with van der Waals surface area (Å²) in [4.78, 5) is 12.7. The second-order valence-electron chi connectivity index (χ2n) is 1.44. The average Bonchev–Trinajstić information content (AvgIpc) is 1.85. The highest BCUT2D eigenvalue weighted by Gasteiger charge is 1.86. The van der Waals surface area contributed by atoms with Crippen LogP contribution in [0.25, 0.3) is 0 Å². The van der Waals surface area contributed by atoms with E-state index in [2.05, 4.69) is 22.5 Å². The van der Waals surface area contributed by atoms with Gasteiger partial charge in [-0.05, 0) is 18.6 Å². The van der Waals surface area contributed by atoms with Gasteiger partial charge in [-0.1, -0.05) is 6.92 Å². The molecule has 0 atom stereocenters. The molecule has 9 heavy (non-hydrogen) atoms. The number of hydrogen-bond acceptors (Lipinski definition) is 2. The number of aliphatic imine (C=N–C) groups is 1. The van der Waals surface area contributed by atoms with E-state index in [0.717, 1.165) is 13.0 Å². The SMILES string of the molecule is CCCNC(=S)N=C=O. The van der Waals surface area contributed by atoms with Crippen molar-refractivity contribution in [3.8, 4) is 0 Å². The molecule has 0 aliphatic heterocycles. The summed E-state index contributed by atoms with van der Waals surface area (Å²) in [6, 6.07) is 0. The lowest BCUT2D eigenvalue weighted by molar-refractivity contribution is 0.565. The summed E-state index contributed by atoms with van der Waals surface area (Å²) in [6.07, 6.45) is 2.31. The second kappa shape index (κ2) is 5.41. The fourth-order valence-electron chi connectivity index (χ4n) is 0.313. The Morgan fingerprint density at radius 2 is 2.56 bits per heavy atom. The van der Waals surface area contributed by atoms with Crippen LogP contribution in [0.3, 0.4) is 0 Å². The van der Waals surface area contributed by atoms with Gasteiger partial charge in [0.2, 0.25) is 11.2 Å². The summed E-state index contributed by atoms with van der Waals surface area (Å²) < 4.78 is 0. The molecule has 0 aliphatic rings. The first kappa shape index (κ1) is 8.27. The molecule has 0 bridgehead atoms. The second-order valence-corrected chi connectivity index (χ2v) is 1.82. The molecule has 0 radical (unpaired) electrons. The first-order chi connectivity index (χ1) is 4.31. The molecule has 0 heterocycles. The Labute approximate surface area is 59.2 Å². The van der Waals surface area contributed by atoms with E-state index in [1.54, 1.807) is 0 Å². The van der Waals surface area contributed by atoms with Gasteiger partial charge >= 0.3 is 0 Å². The van der Waals surface area contributed by atoms with Crippen LogP contribution < -0.4 is 5.32 Å². The standard InChI is InChI=1S/C5H8N2OS/c1-2-3-6-5(9)7-4-8/h2-3H2,1H3,(H,6,9). The molecule has 0 spiro atoms. The Bertz CT molecular complexity index is 140. The number of carbonyl (C=O) groups excluding carboxylic acids is 1. The number of thiocarbonyl (C=S) groups is 1. The lowest BCUT2D eigenvalue weighted by Crippen LogP contribution is -2.19. The Hall–Kier alpha value is -0.730. The molecule has 0 unspecified atom stereocenters. The fraction of sp³-hybridized carbons (Fsp3) is 0.600. The minimum Gasteiger partial charge on any atom is -0.360 e. The summed E-state index contributed by atoms with van der Waals surface area (Å²) in [6.45, 7) is 2.75. The highest BCUT2D eigenvalue weighted by molar-refractivity contribution is 7.80. The van der Waals surface area contributed by atoms with Crippen molar-refractivity contribution in [2.24, 2.45) is 4.99 Å². The largest absolute Gasteiger partial charge is 0.360 e. The third kappa shape index (κ3) is 5.14. The van der Waals surface area contributed by atoms with Crippen molar-refractivity contribution in [2.75, 3.05) is 6.54 Å². The Kier molecular flexibility index (Phi) is 4.97. The molecular weight excluding hydrogens is 136 g/mol. The number of nitrogens with zero attached hydrogens (tertiary/aromatic N) is 1. The van der Waals surface area contributed by atoms with E-state index in [0.29, 0.717) is 0 Å². The van der Waals surface area contributed by atoms with Crippen LogP contribution in [0.1, 0.15) is 13.3 Å². The van der Waals surface area contributed by atoms with Crippen molar-refractivity contribution in [2.45, 2.75) is 13.3 Å². The van der Waals surface area contributed by atoms with Crippen LogP contribution in [-0.2, 0) is 4.79 Å². The van der Waals surface area contributed by atoms with E-state index in [9.17, 15) is 4.79 Å². The predicted molar refractivity (Wildman–Crippen MR) is 39.0 cm³/mol. The maximum Gasteiger partial charge on any atom is 0.242 e. The van der Waals surface area contributed by atoms with Crippen molar-refractivity contribution >= 4 is 23.4 Å². The molecule has 0 rings (SSSR count). The van der Waals surface area contributed by atoms with Gasteiger partial charge in [0, 0.05) is 6.54 Å². The molecule has 0 saturated carbocycles. The molecular formula is C5H8N2OS. The first-order valence-electron chi connectivity index (χ1n) is 2.67. The zero-order valence-electron chi connectivity index (χ0n) is 5.18. The van der Waals surface area contributed by atoms with Gasteiger partial charge in [0.25, 0.3) is 0 Å². The predicted octanol–water partition coefficient (Wildman–Crippen LogP) is 0.607. The minimum atomic E-state index is 0.215. The average molecular weight is 144 g/mol. The maximum absolute atomic E-state index is 9.56. The van der Waals surface area contributed by atoms with Gasteiger partial charge < -0.3 is 5.32 Å². The molecule has 0 aromatic heterocycles. The minimum absolute atomic E-state index is 0.215. The smallest absolute Gasteiger partial charge is 0.242 e. The molecule has 4 heteroatoms. The normalized spacial score (nSPS) is 7.67. The summed E-state index contributed by atoms with van der Waals surface area (Å²) >= 11 is 4.58. The lowest BCUT2D eigenvalue weighted by atomic mass is 10.5. The number of hydrogen-bond donors (Lipinski definition) is 1. The zero-order valence-corrected chi connectivity index (χ0v) is 5.99. The van der Waals surface area contributed by atoms with E-state index in [4.69, 9.17) is 0 Å². The van der Waals surface area contributed by atoms with Crippen LogP contribution in [0.2, 0.25) is 0 Å². The molecule has 0 aromatic carbocycles. The zero-order chi connectivity index (χ0) is 7.11. The van der Waals surface area contributed by atoms with Crippen molar-refractivity contribution in [1.29, 1.82) is 0 Å². The van der Waals surface area contributed by atoms with Gasteiger partial charge in [-0.3, -0.25) is 0 Å². The van der Waals surface area contributed by atoms with Crippen molar-refractivity contribution < 1.29 is 4.79 Å². The summed E-state index contributed by atoms with van der Waals surface area (Å²) in [5.41, 5.74) is 0. The molecule has 50 valence electrons. The summed E-state index contributed by atoms with van der Waals surface area (Å²) in [5.74, 6) is 0. The topological polar surface area (TPSA) is 41.5 Å². The lowest BCUT2D eigenvalue weighted by Gasteiger charge is -1.95. The Balaban J connectivity index is 3.39. The van der Waals surface area contributed by atoms with Crippen LogP contribution in [0.4, 0.5) is 0 Å². The van der Waals surface area contributed by atoms with Gasteiger partial charge in [-0.15, -0.1) is 4.99 Å². The molecule has 0 fully saturated rings. The Morgan fingerprint density at radius 1 is 1.89 bits per heavy atom. The number of isocyanates is 1. The molecule has 1 N–H and O–H groups in total. The van der Waals surface area contributed by atoms with Gasteiger partial charge in [-0.2, -0.15) is 0 Å². The Morgan fingerprint density at radius 3 is 3.00 bits per heavy atom. The highest BCUT2D eigenvalue weighted by atomic mass is 32.1. The van der Waals surface area contributed by atoms with E-state index < -0.39 is 0 Å². The van der Waals surface area contributed by atoms with Crippen molar-refractivity contribution in [3.05, 3.63) is 0 Å². The summed E-state index contributed by atoms with van der Waals surface area (Å²) in [7, 11) is 0. The summed E-state index contributed by atoms with van der Waals surface area (Å²) in [5, 5.41) is 2.95. The van der Waals surface area contributed by atoms with Crippen LogP contribution in [0.5, 0.6) is 0 Å². The molecule has 3 nitrogen and oxygen atoms in total. The number of rotatable bonds is 2. The monoisotopic (exact) mass is 144 g/mol. The van der Waals surface area contributed by atoms with Gasteiger partial charge in [0.05, 0.1) is 0 Å².